The van der Waals surface area contributed by atoms with Gasteiger partial charge in [0.05, 0.1) is 24.9 Å². The molecule has 0 aliphatic heterocycles. The molecule has 1 heterocycles. The van der Waals surface area contributed by atoms with E-state index in [4.69, 9.17) is 14.5 Å². The van der Waals surface area contributed by atoms with Gasteiger partial charge in [-0.3, -0.25) is 0 Å². The van der Waals surface area contributed by atoms with Gasteiger partial charge in [-0.05, 0) is 53.9 Å². The molecule has 0 radical (unpaired) electrons. The van der Waals surface area contributed by atoms with Crippen molar-refractivity contribution in [1.82, 2.24) is 4.98 Å². The number of pyridine rings is 1. The van der Waals surface area contributed by atoms with Crippen LogP contribution in [0.25, 0.3) is 33.3 Å². The lowest BCUT2D eigenvalue weighted by Crippen LogP contribution is -1.97. The average molecular weight is 426 g/mol. The molecular formula is C29H31NO2. The number of rotatable bonds is 10. The number of unbranched alkanes of at least 4 members (excludes halogenated alkanes) is 4. The van der Waals surface area contributed by atoms with Crippen LogP contribution < -0.4 is 9.47 Å². The van der Waals surface area contributed by atoms with E-state index in [0.29, 0.717) is 0 Å². The molecule has 4 aromatic rings. The summed E-state index contributed by atoms with van der Waals surface area (Å²) in [6.45, 7) is 3.03. The van der Waals surface area contributed by atoms with Gasteiger partial charge in [0.2, 0.25) is 0 Å². The van der Waals surface area contributed by atoms with Crippen molar-refractivity contribution >= 4 is 10.9 Å². The van der Waals surface area contributed by atoms with Gasteiger partial charge in [-0.25, -0.2) is 4.98 Å². The van der Waals surface area contributed by atoms with E-state index >= 15 is 0 Å². The van der Waals surface area contributed by atoms with Gasteiger partial charge in [0.25, 0.3) is 0 Å². The summed E-state index contributed by atoms with van der Waals surface area (Å²) in [7, 11) is 1.68. The zero-order valence-corrected chi connectivity index (χ0v) is 19.0. The lowest BCUT2D eigenvalue weighted by Gasteiger charge is -2.09. The lowest BCUT2D eigenvalue weighted by molar-refractivity contribution is 0.304. The number of ether oxygens (including phenoxy) is 2. The van der Waals surface area contributed by atoms with E-state index in [2.05, 4.69) is 67.6 Å². The van der Waals surface area contributed by atoms with Gasteiger partial charge < -0.3 is 9.47 Å². The molecule has 164 valence electrons. The monoisotopic (exact) mass is 425 g/mol. The highest BCUT2D eigenvalue weighted by Gasteiger charge is 2.05. The Morgan fingerprint density at radius 2 is 1.31 bits per heavy atom. The highest BCUT2D eigenvalue weighted by Crippen LogP contribution is 2.27. The summed E-state index contributed by atoms with van der Waals surface area (Å²) >= 11 is 0. The molecule has 3 aromatic carbocycles. The fraction of sp³-hybridized carbons (Fsp3) is 0.276. The highest BCUT2D eigenvalue weighted by molar-refractivity contribution is 5.83. The molecule has 4 rings (SSSR count). The second-order valence-corrected chi connectivity index (χ2v) is 8.12. The summed E-state index contributed by atoms with van der Waals surface area (Å²) in [6, 6.07) is 27.1. The van der Waals surface area contributed by atoms with Gasteiger partial charge in [-0.2, -0.15) is 0 Å². The second kappa shape index (κ2) is 10.8. The summed E-state index contributed by atoms with van der Waals surface area (Å²) in [5, 5.41) is 1.08. The van der Waals surface area contributed by atoms with E-state index in [0.717, 1.165) is 46.7 Å². The maximum absolute atomic E-state index is 5.89. The molecule has 0 aliphatic carbocycles. The first-order valence-corrected chi connectivity index (χ1v) is 11.6. The Labute approximate surface area is 191 Å². The molecule has 0 amide bonds. The van der Waals surface area contributed by atoms with Gasteiger partial charge in [0.1, 0.15) is 11.5 Å². The largest absolute Gasteiger partial charge is 0.497 e. The SMILES string of the molecule is CCCCCCCOc1ccc(-c2ccc(-c3ccc4cc(OC)ccc4n3)cc2)cc1. The number of benzene rings is 3. The summed E-state index contributed by atoms with van der Waals surface area (Å²) in [6.07, 6.45) is 6.27. The minimum absolute atomic E-state index is 0.795. The maximum atomic E-state index is 5.89. The first-order valence-electron chi connectivity index (χ1n) is 11.6. The first-order chi connectivity index (χ1) is 15.8. The molecule has 3 nitrogen and oxygen atoms in total. The van der Waals surface area contributed by atoms with E-state index in [-0.39, 0.29) is 0 Å². The van der Waals surface area contributed by atoms with Crippen LogP contribution in [0.5, 0.6) is 11.5 Å². The van der Waals surface area contributed by atoms with Crippen LogP contribution in [-0.2, 0) is 0 Å². The highest BCUT2D eigenvalue weighted by atomic mass is 16.5. The first kappa shape index (κ1) is 21.9. The van der Waals surface area contributed by atoms with Crippen molar-refractivity contribution in [3.63, 3.8) is 0 Å². The van der Waals surface area contributed by atoms with Crippen molar-refractivity contribution in [2.24, 2.45) is 0 Å². The van der Waals surface area contributed by atoms with Gasteiger partial charge in [-0.15, -0.1) is 0 Å². The van der Waals surface area contributed by atoms with Crippen LogP contribution in [0.2, 0.25) is 0 Å². The molecule has 3 heteroatoms. The van der Waals surface area contributed by atoms with Crippen molar-refractivity contribution in [2.75, 3.05) is 13.7 Å². The lowest BCUT2D eigenvalue weighted by atomic mass is 10.0. The third-order valence-electron chi connectivity index (χ3n) is 5.78. The van der Waals surface area contributed by atoms with Crippen LogP contribution in [0, 0.1) is 0 Å². The summed E-state index contributed by atoms with van der Waals surface area (Å²) < 4.78 is 11.2. The molecule has 0 N–H and O–H groups in total. The van der Waals surface area contributed by atoms with Crippen molar-refractivity contribution < 1.29 is 9.47 Å². The molecule has 0 fully saturated rings. The number of fused-ring (bicyclic) bond motifs is 1. The Bertz CT molecular complexity index is 1130. The molecule has 0 saturated carbocycles. The van der Waals surface area contributed by atoms with Crippen LogP contribution in [0.1, 0.15) is 39.0 Å². The molecule has 0 atom stereocenters. The Morgan fingerprint density at radius 1 is 0.656 bits per heavy atom. The molecule has 0 bridgehead atoms. The standard InChI is InChI=1S/C29H31NO2/c1-3-4-5-6-7-20-32-26-15-12-23(13-16-26)22-8-10-24(11-9-22)28-18-14-25-21-27(31-2)17-19-29(25)30-28/h8-19,21H,3-7,20H2,1-2H3. The third-order valence-corrected chi connectivity index (χ3v) is 5.78. The average Bonchev–Trinajstić information content (AvgIpc) is 2.86. The van der Waals surface area contributed by atoms with E-state index in [9.17, 15) is 0 Å². The van der Waals surface area contributed by atoms with Gasteiger partial charge in [0.15, 0.2) is 0 Å². The summed E-state index contributed by atoms with van der Waals surface area (Å²) in [4.78, 5) is 4.81. The quantitative estimate of drug-likeness (QED) is 0.242. The number of aromatic nitrogens is 1. The minimum atomic E-state index is 0.795. The molecule has 0 aliphatic rings. The molecule has 0 spiro atoms. The van der Waals surface area contributed by atoms with E-state index in [1.807, 2.05) is 18.2 Å². The number of hydrogen-bond donors (Lipinski definition) is 0. The zero-order chi connectivity index (χ0) is 22.2. The Morgan fingerprint density at radius 3 is 2.03 bits per heavy atom. The van der Waals surface area contributed by atoms with Crippen LogP contribution in [0.15, 0.2) is 78.9 Å². The minimum Gasteiger partial charge on any atom is -0.497 e. The number of methoxy groups -OCH3 is 1. The Balaban J connectivity index is 1.39. The Hall–Kier alpha value is -3.33. The fourth-order valence-corrected chi connectivity index (χ4v) is 3.86. The number of nitrogens with zero attached hydrogens (tertiary/aromatic N) is 1. The van der Waals surface area contributed by atoms with Crippen molar-refractivity contribution in [3.8, 4) is 33.9 Å². The van der Waals surface area contributed by atoms with E-state index in [1.54, 1.807) is 7.11 Å². The van der Waals surface area contributed by atoms with Crippen LogP contribution in [0.3, 0.4) is 0 Å². The maximum Gasteiger partial charge on any atom is 0.119 e. The molecule has 0 saturated heterocycles. The summed E-state index contributed by atoms with van der Waals surface area (Å²) in [5.41, 5.74) is 5.41. The van der Waals surface area contributed by atoms with Crippen LogP contribution >= 0.6 is 0 Å². The third kappa shape index (κ3) is 5.47. The van der Waals surface area contributed by atoms with E-state index in [1.165, 1.54) is 36.8 Å². The molecule has 32 heavy (non-hydrogen) atoms. The zero-order valence-electron chi connectivity index (χ0n) is 19.0. The second-order valence-electron chi connectivity index (χ2n) is 8.12. The van der Waals surface area contributed by atoms with Crippen LogP contribution in [0.4, 0.5) is 0 Å². The van der Waals surface area contributed by atoms with Crippen molar-refractivity contribution in [1.29, 1.82) is 0 Å². The fourth-order valence-electron chi connectivity index (χ4n) is 3.86. The van der Waals surface area contributed by atoms with Gasteiger partial charge >= 0.3 is 0 Å². The van der Waals surface area contributed by atoms with Crippen molar-refractivity contribution in [3.05, 3.63) is 78.9 Å². The molecular weight excluding hydrogens is 394 g/mol. The van der Waals surface area contributed by atoms with Gasteiger partial charge in [-0.1, -0.05) is 75.1 Å². The van der Waals surface area contributed by atoms with E-state index < -0.39 is 0 Å². The predicted molar refractivity (Wildman–Crippen MR) is 133 cm³/mol. The topological polar surface area (TPSA) is 31.4 Å². The van der Waals surface area contributed by atoms with Gasteiger partial charge in [0, 0.05) is 10.9 Å². The van der Waals surface area contributed by atoms with Crippen molar-refractivity contribution in [2.45, 2.75) is 39.0 Å². The Kier molecular flexibility index (Phi) is 7.39. The normalized spacial score (nSPS) is 10.9. The molecule has 0 unspecified atom stereocenters. The smallest absolute Gasteiger partial charge is 0.119 e. The predicted octanol–water partition coefficient (Wildman–Crippen LogP) is 7.93. The number of hydrogen-bond acceptors (Lipinski definition) is 3. The summed E-state index contributed by atoms with van der Waals surface area (Å²) in [5.74, 6) is 1.79. The van der Waals surface area contributed by atoms with Crippen LogP contribution in [-0.4, -0.2) is 18.7 Å². The molecule has 1 aromatic heterocycles.